The zero-order valence-corrected chi connectivity index (χ0v) is 13.2. The lowest BCUT2D eigenvalue weighted by Gasteiger charge is -2.27. The van der Waals surface area contributed by atoms with E-state index in [1.54, 1.807) is 6.20 Å². The van der Waals surface area contributed by atoms with Crippen LogP contribution in [0.2, 0.25) is 5.02 Å². The first-order valence-corrected chi connectivity index (χ1v) is 8.19. The van der Waals surface area contributed by atoms with Gasteiger partial charge < -0.3 is 5.32 Å². The van der Waals surface area contributed by atoms with E-state index in [9.17, 15) is 0 Å². The van der Waals surface area contributed by atoms with Crippen LogP contribution in [-0.4, -0.2) is 10.7 Å². The van der Waals surface area contributed by atoms with E-state index >= 15 is 0 Å². The van der Waals surface area contributed by atoms with Gasteiger partial charge in [-0.1, -0.05) is 11.6 Å². The zero-order valence-electron chi connectivity index (χ0n) is 10.1. The summed E-state index contributed by atoms with van der Waals surface area (Å²) in [5, 5.41) is 4.34. The standard InChI is InChI=1S/C14H12BrClN2S/c15-14-12(2-1-6-17-14)18-11-5-7-19-13-4-3-9(16)8-10(11)13/h1-4,6,8,11,18H,5,7H2. The summed E-state index contributed by atoms with van der Waals surface area (Å²) in [6, 6.07) is 10.4. The SMILES string of the molecule is Clc1ccc2c(c1)C(Nc1cccnc1Br)CCS2. The van der Waals surface area contributed by atoms with E-state index < -0.39 is 0 Å². The smallest absolute Gasteiger partial charge is 0.129 e. The average Bonchev–Trinajstić information content (AvgIpc) is 2.42. The van der Waals surface area contributed by atoms with Gasteiger partial charge in [-0.25, -0.2) is 4.98 Å². The summed E-state index contributed by atoms with van der Waals surface area (Å²) in [6.45, 7) is 0. The monoisotopic (exact) mass is 354 g/mol. The molecule has 2 aromatic rings. The number of anilines is 1. The average molecular weight is 356 g/mol. The number of nitrogens with zero attached hydrogens (tertiary/aromatic N) is 1. The summed E-state index contributed by atoms with van der Waals surface area (Å²) in [4.78, 5) is 5.55. The fourth-order valence-corrected chi connectivity index (χ4v) is 3.85. The Morgan fingerprint density at radius 3 is 3.11 bits per heavy atom. The second kappa shape index (κ2) is 5.73. The number of benzene rings is 1. The second-order valence-corrected chi connectivity index (χ2v) is 6.68. The summed E-state index contributed by atoms with van der Waals surface area (Å²) in [5.74, 6) is 1.12. The molecule has 1 aromatic carbocycles. The maximum Gasteiger partial charge on any atom is 0.129 e. The minimum atomic E-state index is 0.287. The van der Waals surface area contributed by atoms with Crippen LogP contribution in [0.25, 0.3) is 0 Å². The maximum absolute atomic E-state index is 6.12. The Morgan fingerprint density at radius 2 is 2.26 bits per heavy atom. The number of hydrogen-bond donors (Lipinski definition) is 1. The molecule has 0 aliphatic carbocycles. The van der Waals surface area contributed by atoms with Crippen molar-refractivity contribution in [2.75, 3.05) is 11.1 Å². The molecule has 2 nitrogen and oxygen atoms in total. The third kappa shape index (κ3) is 2.91. The lowest BCUT2D eigenvalue weighted by atomic mass is 10.0. The van der Waals surface area contributed by atoms with E-state index in [0.717, 1.165) is 27.5 Å². The van der Waals surface area contributed by atoms with Crippen molar-refractivity contribution in [3.8, 4) is 0 Å². The normalized spacial score (nSPS) is 17.9. The molecule has 1 unspecified atom stereocenters. The molecule has 5 heteroatoms. The van der Waals surface area contributed by atoms with Gasteiger partial charge in [-0.15, -0.1) is 11.8 Å². The molecule has 0 saturated carbocycles. The van der Waals surface area contributed by atoms with Crippen LogP contribution in [0.3, 0.4) is 0 Å². The Balaban J connectivity index is 1.92. The highest BCUT2D eigenvalue weighted by molar-refractivity contribution is 9.10. The van der Waals surface area contributed by atoms with Gasteiger partial charge in [0.1, 0.15) is 4.60 Å². The largest absolute Gasteiger partial charge is 0.376 e. The van der Waals surface area contributed by atoms with Crippen LogP contribution in [0.5, 0.6) is 0 Å². The fourth-order valence-electron chi connectivity index (χ4n) is 2.20. The molecule has 19 heavy (non-hydrogen) atoms. The van der Waals surface area contributed by atoms with Crippen molar-refractivity contribution in [2.45, 2.75) is 17.4 Å². The molecule has 0 amide bonds. The second-order valence-electron chi connectivity index (χ2n) is 4.36. The van der Waals surface area contributed by atoms with E-state index in [1.807, 2.05) is 30.0 Å². The third-order valence-corrected chi connectivity index (χ3v) is 5.09. The number of halogens is 2. The summed E-state index contributed by atoms with van der Waals surface area (Å²) < 4.78 is 0.844. The number of rotatable bonds is 2. The maximum atomic E-state index is 6.12. The molecule has 1 aliphatic rings. The van der Waals surface area contributed by atoms with Crippen molar-refractivity contribution in [2.24, 2.45) is 0 Å². The molecule has 1 aromatic heterocycles. The molecule has 2 heterocycles. The predicted octanol–water partition coefficient (Wildman–Crippen LogP) is 5.15. The van der Waals surface area contributed by atoms with Crippen LogP contribution in [-0.2, 0) is 0 Å². The number of hydrogen-bond acceptors (Lipinski definition) is 3. The first-order chi connectivity index (χ1) is 9.24. The Morgan fingerprint density at radius 1 is 1.37 bits per heavy atom. The van der Waals surface area contributed by atoms with E-state index in [0.29, 0.717) is 0 Å². The van der Waals surface area contributed by atoms with E-state index in [2.05, 4.69) is 38.4 Å². The van der Waals surface area contributed by atoms with Crippen molar-refractivity contribution in [3.63, 3.8) is 0 Å². The highest BCUT2D eigenvalue weighted by atomic mass is 79.9. The third-order valence-electron chi connectivity index (χ3n) is 3.10. The van der Waals surface area contributed by atoms with Crippen molar-refractivity contribution in [3.05, 3.63) is 51.7 Å². The van der Waals surface area contributed by atoms with Crippen molar-refractivity contribution in [1.29, 1.82) is 0 Å². The van der Waals surface area contributed by atoms with Crippen LogP contribution in [0.4, 0.5) is 5.69 Å². The van der Waals surface area contributed by atoms with E-state index in [4.69, 9.17) is 11.6 Å². The van der Waals surface area contributed by atoms with Gasteiger partial charge in [0.15, 0.2) is 0 Å². The van der Waals surface area contributed by atoms with Crippen molar-refractivity contribution >= 4 is 45.0 Å². The fraction of sp³-hybridized carbons (Fsp3) is 0.214. The number of pyridine rings is 1. The van der Waals surface area contributed by atoms with Crippen LogP contribution in [0.1, 0.15) is 18.0 Å². The first kappa shape index (κ1) is 13.3. The molecule has 98 valence electrons. The minimum absolute atomic E-state index is 0.287. The lowest BCUT2D eigenvalue weighted by molar-refractivity contribution is 0.727. The van der Waals surface area contributed by atoms with Crippen molar-refractivity contribution in [1.82, 2.24) is 4.98 Å². The van der Waals surface area contributed by atoms with Gasteiger partial charge in [0.25, 0.3) is 0 Å². The van der Waals surface area contributed by atoms with Crippen LogP contribution < -0.4 is 5.32 Å². The van der Waals surface area contributed by atoms with E-state index in [-0.39, 0.29) is 6.04 Å². The van der Waals surface area contributed by atoms with Gasteiger partial charge in [-0.2, -0.15) is 0 Å². The zero-order chi connectivity index (χ0) is 13.2. The molecule has 0 saturated heterocycles. The predicted molar refractivity (Wildman–Crippen MR) is 85.1 cm³/mol. The molecule has 0 radical (unpaired) electrons. The number of nitrogens with one attached hydrogen (secondary N) is 1. The van der Waals surface area contributed by atoms with Gasteiger partial charge in [-0.3, -0.25) is 0 Å². The minimum Gasteiger partial charge on any atom is -0.376 e. The van der Waals surface area contributed by atoms with Crippen molar-refractivity contribution < 1.29 is 0 Å². The van der Waals surface area contributed by atoms with Crippen LogP contribution in [0, 0.1) is 0 Å². The molecular formula is C14H12BrClN2S. The van der Waals surface area contributed by atoms with Gasteiger partial charge in [0.05, 0.1) is 11.7 Å². The summed E-state index contributed by atoms with van der Waals surface area (Å²) in [5.41, 5.74) is 2.30. The molecule has 1 aliphatic heterocycles. The summed E-state index contributed by atoms with van der Waals surface area (Å²) in [6.07, 6.45) is 2.86. The highest BCUT2D eigenvalue weighted by Gasteiger charge is 2.21. The Hall–Kier alpha value is -0.710. The molecule has 0 spiro atoms. The molecule has 0 bridgehead atoms. The lowest BCUT2D eigenvalue weighted by Crippen LogP contribution is -2.16. The summed E-state index contributed by atoms with van der Waals surface area (Å²) >= 11 is 11.5. The van der Waals surface area contributed by atoms with Gasteiger partial charge in [0.2, 0.25) is 0 Å². The number of aromatic nitrogens is 1. The Kier molecular flexibility index (Phi) is 4.01. The number of thioether (sulfide) groups is 1. The van der Waals surface area contributed by atoms with E-state index in [1.165, 1.54) is 10.5 Å². The van der Waals surface area contributed by atoms with Gasteiger partial charge in [0, 0.05) is 21.9 Å². The molecule has 3 rings (SSSR count). The first-order valence-electron chi connectivity index (χ1n) is 6.03. The summed E-state index contributed by atoms with van der Waals surface area (Å²) in [7, 11) is 0. The van der Waals surface area contributed by atoms with Crippen LogP contribution >= 0.6 is 39.3 Å². The number of fused-ring (bicyclic) bond motifs is 1. The Labute approximate surface area is 130 Å². The molecule has 1 atom stereocenters. The van der Waals surface area contributed by atoms with Crippen LogP contribution in [0.15, 0.2) is 46.0 Å². The van der Waals surface area contributed by atoms with Gasteiger partial charge in [-0.05, 0) is 58.2 Å². The Bertz CT molecular complexity index is 606. The van der Waals surface area contributed by atoms with Gasteiger partial charge >= 0.3 is 0 Å². The molecular weight excluding hydrogens is 344 g/mol. The quantitative estimate of drug-likeness (QED) is 0.754. The highest BCUT2D eigenvalue weighted by Crippen LogP contribution is 2.39. The molecule has 1 N–H and O–H groups in total. The topological polar surface area (TPSA) is 24.9 Å². The molecule has 0 fully saturated rings.